The predicted molar refractivity (Wildman–Crippen MR) is 54.5 cm³/mol. The highest BCUT2D eigenvalue weighted by Crippen LogP contribution is 2.24. The van der Waals surface area contributed by atoms with E-state index >= 15 is 0 Å². The lowest BCUT2D eigenvalue weighted by Gasteiger charge is -2.39. The van der Waals surface area contributed by atoms with Crippen molar-refractivity contribution >= 4 is 12.2 Å². The first kappa shape index (κ1) is 11.0. The number of rotatable bonds is 0. The molecule has 1 atom stereocenters. The third kappa shape index (κ3) is 1.90. The highest BCUT2D eigenvalue weighted by atomic mass is 16.4. The zero-order chi connectivity index (χ0) is 11.8. The van der Waals surface area contributed by atoms with Gasteiger partial charge >= 0.3 is 12.2 Å². The van der Waals surface area contributed by atoms with Gasteiger partial charge in [0.1, 0.15) is 0 Å². The Morgan fingerprint density at radius 1 is 1.06 bits per heavy atom. The van der Waals surface area contributed by atoms with Gasteiger partial charge in [0.2, 0.25) is 0 Å². The summed E-state index contributed by atoms with van der Waals surface area (Å²) < 4.78 is 0. The molecule has 2 rings (SSSR count). The van der Waals surface area contributed by atoms with Gasteiger partial charge in [-0.05, 0) is 6.42 Å². The van der Waals surface area contributed by atoms with Gasteiger partial charge < -0.3 is 25.3 Å². The van der Waals surface area contributed by atoms with Crippen LogP contribution in [0.5, 0.6) is 0 Å². The first-order valence-corrected chi connectivity index (χ1v) is 5.23. The number of piperazine rings is 1. The fourth-order valence-electron chi connectivity index (χ4n) is 2.43. The van der Waals surface area contributed by atoms with Crippen LogP contribution in [0.4, 0.5) is 9.59 Å². The van der Waals surface area contributed by atoms with Gasteiger partial charge in [0.05, 0.1) is 5.54 Å². The van der Waals surface area contributed by atoms with Crippen molar-refractivity contribution in [1.29, 1.82) is 0 Å². The van der Waals surface area contributed by atoms with Crippen LogP contribution in [-0.2, 0) is 0 Å². The van der Waals surface area contributed by atoms with Gasteiger partial charge in [-0.15, -0.1) is 0 Å². The van der Waals surface area contributed by atoms with E-state index in [0.717, 1.165) is 0 Å². The largest absolute Gasteiger partial charge is 0.465 e. The molecule has 1 spiro atoms. The van der Waals surface area contributed by atoms with Crippen LogP contribution in [0, 0.1) is 0 Å². The monoisotopic (exact) mass is 229 g/mol. The SMILES string of the molecule is O=C(O)N1CCNC2(CCN(C(=O)O)C2)C1. The van der Waals surface area contributed by atoms with E-state index in [4.69, 9.17) is 10.2 Å². The van der Waals surface area contributed by atoms with Crippen molar-refractivity contribution < 1.29 is 19.8 Å². The Bertz CT molecular complexity index is 322. The van der Waals surface area contributed by atoms with Crippen LogP contribution >= 0.6 is 0 Å². The third-order valence-electron chi connectivity index (χ3n) is 3.27. The van der Waals surface area contributed by atoms with Gasteiger partial charge in [-0.3, -0.25) is 0 Å². The Morgan fingerprint density at radius 3 is 2.12 bits per heavy atom. The van der Waals surface area contributed by atoms with Crippen molar-refractivity contribution in [1.82, 2.24) is 15.1 Å². The van der Waals surface area contributed by atoms with E-state index in [-0.39, 0.29) is 5.54 Å². The molecule has 3 N–H and O–H groups in total. The molecule has 0 aromatic rings. The van der Waals surface area contributed by atoms with Crippen LogP contribution in [0.15, 0.2) is 0 Å². The fourth-order valence-corrected chi connectivity index (χ4v) is 2.43. The first-order valence-electron chi connectivity index (χ1n) is 5.23. The van der Waals surface area contributed by atoms with Gasteiger partial charge in [0.15, 0.2) is 0 Å². The van der Waals surface area contributed by atoms with Crippen molar-refractivity contribution in [3.63, 3.8) is 0 Å². The molecule has 0 radical (unpaired) electrons. The minimum atomic E-state index is -0.939. The molecule has 2 heterocycles. The topological polar surface area (TPSA) is 93.1 Å². The van der Waals surface area contributed by atoms with Crippen LogP contribution in [-0.4, -0.2) is 70.5 Å². The summed E-state index contributed by atoms with van der Waals surface area (Å²) in [4.78, 5) is 24.4. The molecule has 16 heavy (non-hydrogen) atoms. The molecule has 0 bridgehead atoms. The summed E-state index contributed by atoms with van der Waals surface area (Å²) in [6, 6.07) is 0. The van der Waals surface area contributed by atoms with Gasteiger partial charge in [0.25, 0.3) is 0 Å². The van der Waals surface area contributed by atoms with Gasteiger partial charge in [-0.1, -0.05) is 0 Å². The maximum absolute atomic E-state index is 10.9. The number of carboxylic acid groups (broad SMARTS) is 2. The second-order valence-corrected chi connectivity index (χ2v) is 4.37. The van der Waals surface area contributed by atoms with E-state index in [2.05, 4.69) is 5.32 Å². The van der Waals surface area contributed by atoms with Gasteiger partial charge in [0, 0.05) is 32.7 Å². The summed E-state index contributed by atoms with van der Waals surface area (Å²) in [5.74, 6) is 0. The maximum Gasteiger partial charge on any atom is 0.407 e. The number of hydrogen-bond donors (Lipinski definition) is 3. The maximum atomic E-state index is 10.9. The van der Waals surface area contributed by atoms with Gasteiger partial charge in [-0.25, -0.2) is 9.59 Å². The number of nitrogens with zero attached hydrogens (tertiary/aromatic N) is 2. The first-order chi connectivity index (χ1) is 7.52. The minimum Gasteiger partial charge on any atom is -0.465 e. The predicted octanol–water partition coefficient (Wildman–Crippen LogP) is -0.308. The summed E-state index contributed by atoms with van der Waals surface area (Å²) in [7, 11) is 0. The van der Waals surface area contributed by atoms with Crippen LogP contribution < -0.4 is 5.32 Å². The summed E-state index contributed by atoms with van der Waals surface area (Å²) in [5.41, 5.74) is -0.380. The van der Waals surface area contributed by atoms with Crippen LogP contribution in [0.3, 0.4) is 0 Å². The lowest BCUT2D eigenvalue weighted by atomic mass is 9.96. The Kier molecular flexibility index (Phi) is 2.63. The second kappa shape index (κ2) is 3.82. The number of hydrogen-bond acceptors (Lipinski definition) is 3. The Balaban J connectivity index is 2.03. The molecule has 2 aliphatic heterocycles. The van der Waals surface area contributed by atoms with Crippen LogP contribution in [0.2, 0.25) is 0 Å². The average molecular weight is 229 g/mol. The lowest BCUT2D eigenvalue weighted by Crippen LogP contribution is -2.62. The molecule has 0 saturated carbocycles. The van der Waals surface area contributed by atoms with E-state index < -0.39 is 12.2 Å². The van der Waals surface area contributed by atoms with Crippen LogP contribution in [0.1, 0.15) is 6.42 Å². The molecule has 7 heteroatoms. The van der Waals surface area contributed by atoms with Crippen molar-refractivity contribution in [2.75, 3.05) is 32.7 Å². The van der Waals surface area contributed by atoms with Gasteiger partial charge in [-0.2, -0.15) is 0 Å². The summed E-state index contributed by atoms with van der Waals surface area (Å²) in [6.07, 6.45) is -1.20. The smallest absolute Gasteiger partial charge is 0.407 e. The number of amides is 2. The van der Waals surface area contributed by atoms with E-state index in [1.54, 1.807) is 0 Å². The second-order valence-electron chi connectivity index (χ2n) is 4.37. The zero-order valence-corrected chi connectivity index (χ0v) is 8.85. The molecule has 0 aromatic carbocycles. The number of carbonyl (C=O) groups is 2. The van der Waals surface area contributed by atoms with Crippen molar-refractivity contribution in [3.8, 4) is 0 Å². The zero-order valence-electron chi connectivity index (χ0n) is 8.85. The van der Waals surface area contributed by atoms with Crippen molar-refractivity contribution in [2.24, 2.45) is 0 Å². The molecule has 0 aromatic heterocycles. The average Bonchev–Trinajstić information content (AvgIpc) is 2.62. The summed E-state index contributed by atoms with van der Waals surface area (Å²) in [5, 5.41) is 21.0. The van der Waals surface area contributed by atoms with E-state index in [1.807, 2.05) is 0 Å². The van der Waals surface area contributed by atoms with E-state index in [0.29, 0.717) is 39.1 Å². The molecule has 2 fully saturated rings. The fraction of sp³-hybridized carbons (Fsp3) is 0.778. The lowest BCUT2D eigenvalue weighted by molar-refractivity contribution is 0.103. The van der Waals surface area contributed by atoms with Crippen molar-refractivity contribution in [3.05, 3.63) is 0 Å². The molecule has 0 aliphatic carbocycles. The van der Waals surface area contributed by atoms with Crippen molar-refractivity contribution in [2.45, 2.75) is 12.0 Å². The summed E-state index contributed by atoms with van der Waals surface area (Å²) >= 11 is 0. The Hall–Kier alpha value is -1.50. The standard InChI is InChI=1S/C9H15N3O4/c13-7(14)11-3-1-9(5-11)6-12(8(15)16)4-2-10-9/h10H,1-6H2,(H,13,14)(H,15,16). The van der Waals surface area contributed by atoms with Crippen LogP contribution in [0.25, 0.3) is 0 Å². The highest BCUT2D eigenvalue weighted by Gasteiger charge is 2.43. The Morgan fingerprint density at radius 2 is 1.62 bits per heavy atom. The van der Waals surface area contributed by atoms with E-state index in [9.17, 15) is 9.59 Å². The highest BCUT2D eigenvalue weighted by molar-refractivity contribution is 5.67. The molecule has 2 saturated heterocycles. The molecule has 2 aliphatic rings. The quantitative estimate of drug-likeness (QED) is 0.530. The molecular formula is C9H15N3O4. The molecule has 2 amide bonds. The summed E-state index contributed by atoms with van der Waals surface area (Å²) in [6.45, 7) is 2.25. The number of likely N-dealkylation sites (tertiary alicyclic amines) is 1. The molecular weight excluding hydrogens is 214 g/mol. The molecule has 90 valence electrons. The van der Waals surface area contributed by atoms with E-state index in [1.165, 1.54) is 9.80 Å². The third-order valence-corrected chi connectivity index (χ3v) is 3.27. The number of nitrogens with one attached hydrogen (secondary N) is 1. The minimum absolute atomic E-state index is 0.367. The normalized spacial score (nSPS) is 29.8. The Labute approximate surface area is 92.6 Å². The molecule has 1 unspecified atom stereocenters. The molecule has 7 nitrogen and oxygen atoms in total.